The largest absolute Gasteiger partial charge is 0.368 e. The van der Waals surface area contributed by atoms with Crippen LogP contribution in [0.4, 0.5) is 5.95 Å². The standard InChI is InChI=1S/C28H42N6O/c1-4-11-34-20-22(14-23-16-25-24(17-26(23)34)18-30-28(29)31-25)15-27(35)33(5-2)13-12-32(3)19-21-9-7-6-8-10-21/h6-10,18,22-23,26H,4-5,11-17,19-20H2,1-3H3,(H2,29,30,31)/t22-,23-,26-/m1/s1. The number of piperidine rings is 1. The molecule has 0 bridgehead atoms. The number of likely N-dealkylation sites (N-methyl/N-ethyl adjacent to an activating group) is 2. The van der Waals surface area contributed by atoms with Crippen molar-refractivity contribution in [2.45, 2.75) is 58.5 Å². The van der Waals surface area contributed by atoms with Crippen LogP contribution in [-0.4, -0.2) is 76.4 Å². The molecule has 0 unspecified atom stereocenters. The van der Waals surface area contributed by atoms with Crippen molar-refractivity contribution >= 4 is 11.9 Å². The Balaban J connectivity index is 1.34. The quantitative estimate of drug-likeness (QED) is 0.565. The molecular formula is C28H42N6O. The summed E-state index contributed by atoms with van der Waals surface area (Å²) in [6, 6.07) is 11.0. The number of hydrogen-bond donors (Lipinski definition) is 1. The van der Waals surface area contributed by atoms with Crippen molar-refractivity contribution in [2.75, 3.05) is 45.5 Å². The Morgan fingerprint density at radius 2 is 1.97 bits per heavy atom. The van der Waals surface area contributed by atoms with Crippen molar-refractivity contribution < 1.29 is 4.79 Å². The van der Waals surface area contributed by atoms with Gasteiger partial charge in [0.15, 0.2) is 0 Å². The van der Waals surface area contributed by atoms with Gasteiger partial charge in [-0.3, -0.25) is 9.69 Å². The SMILES string of the molecule is CCCN1C[C@@H](CC(=O)N(CC)CCN(C)Cc2ccccc2)C[C@@H]2Cc3nc(N)ncc3C[C@H]21. The van der Waals surface area contributed by atoms with E-state index in [4.69, 9.17) is 5.73 Å². The van der Waals surface area contributed by atoms with Crippen molar-refractivity contribution in [3.63, 3.8) is 0 Å². The number of likely N-dealkylation sites (tertiary alicyclic amines) is 1. The Hall–Kier alpha value is -2.51. The second-order valence-corrected chi connectivity index (χ2v) is 10.4. The lowest BCUT2D eigenvalue weighted by Gasteiger charge is -2.47. The van der Waals surface area contributed by atoms with Gasteiger partial charge in [0.1, 0.15) is 0 Å². The summed E-state index contributed by atoms with van der Waals surface area (Å²) in [5.74, 6) is 1.59. The summed E-state index contributed by atoms with van der Waals surface area (Å²) in [4.78, 5) is 29.1. The van der Waals surface area contributed by atoms with E-state index in [2.05, 4.69) is 64.9 Å². The van der Waals surface area contributed by atoms with Gasteiger partial charge in [-0.1, -0.05) is 37.3 Å². The van der Waals surface area contributed by atoms with Gasteiger partial charge in [-0.15, -0.1) is 0 Å². The van der Waals surface area contributed by atoms with E-state index in [1.165, 1.54) is 11.1 Å². The smallest absolute Gasteiger partial charge is 0.222 e. The van der Waals surface area contributed by atoms with Crippen LogP contribution in [0.2, 0.25) is 0 Å². The third kappa shape index (κ3) is 6.58. The lowest BCUT2D eigenvalue weighted by atomic mass is 9.73. The Bertz CT molecular complexity index is 967. The van der Waals surface area contributed by atoms with E-state index in [9.17, 15) is 4.79 Å². The molecule has 1 aromatic heterocycles. The average molecular weight is 479 g/mol. The summed E-state index contributed by atoms with van der Waals surface area (Å²) < 4.78 is 0. The molecule has 7 heteroatoms. The summed E-state index contributed by atoms with van der Waals surface area (Å²) in [5, 5.41) is 0. The number of nitrogen functional groups attached to an aromatic ring is 1. The number of fused-ring (bicyclic) bond motifs is 2. The van der Waals surface area contributed by atoms with Gasteiger partial charge in [0.2, 0.25) is 11.9 Å². The Kier molecular flexibility index (Phi) is 8.74. The lowest BCUT2D eigenvalue weighted by Crippen LogP contribution is -2.53. The van der Waals surface area contributed by atoms with E-state index in [1.54, 1.807) is 0 Å². The highest BCUT2D eigenvalue weighted by atomic mass is 16.2. The molecule has 4 rings (SSSR count). The zero-order valence-corrected chi connectivity index (χ0v) is 21.7. The molecule has 1 saturated heterocycles. The third-order valence-corrected chi connectivity index (χ3v) is 7.75. The van der Waals surface area contributed by atoms with Gasteiger partial charge < -0.3 is 15.5 Å². The van der Waals surface area contributed by atoms with Crippen molar-refractivity contribution in [1.82, 2.24) is 24.7 Å². The minimum absolute atomic E-state index is 0.295. The molecule has 2 aliphatic rings. The van der Waals surface area contributed by atoms with Gasteiger partial charge in [0.05, 0.1) is 0 Å². The summed E-state index contributed by atoms with van der Waals surface area (Å²) in [6.07, 6.45) is 6.71. The predicted molar refractivity (Wildman–Crippen MR) is 141 cm³/mol. The maximum atomic E-state index is 13.3. The van der Waals surface area contributed by atoms with E-state index in [1.807, 2.05) is 17.2 Å². The third-order valence-electron chi connectivity index (χ3n) is 7.75. The van der Waals surface area contributed by atoms with Crippen molar-refractivity contribution in [1.29, 1.82) is 0 Å². The first kappa shape index (κ1) is 25.6. The zero-order chi connectivity index (χ0) is 24.8. The fourth-order valence-electron chi connectivity index (χ4n) is 6.01. The normalized spacial score (nSPS) is 22.0. The van der Waals surface area contributed by atoms with Gasteiger partial charge in [0, 0.05) is 57.1 Å². The molecule has 7 nitrogen and oxygen atoms in total. The molecule has 35 heavy (non-hydrogen) atoms. The number of aromatic nitrogens is 2. The highest BCUT2D eigenvalue weighted by Gasteiger charge is 2.40. The lowest BCUT2D eigenvalue weighted by molar-refractivity contribution is -0.133. The number of hydrogen-bond acceptors (Lipinski definition) is 6. The van der Waals surface area contributed by atoms with E-state index in [0.29, 0.717) is 36.2 Å². The minimum Gasteiger partial charge on any atom is -0.368 e. The number of carbonyl (C=O) groups is 1. The van der Waals surface area contributed by atoms with Gasteiger partial charge in [-0.2, -0.15) is 0 Å². The molecular weight excluding hydrogens is 436 g/mol. The maximum Gasteiger partial charge on any atom is 0.222 e. The van der Waals surface area contributed by atoms with Crippen LogP contribution in [0, 0.1) is 11.8 Å². The van der Waals surface area contributed by atoms with Crippen molar-refractivity contribution in [3.05, 3.63) is 53.3 Å². The number of amides is 1. The van der Waals surface area contributed by atoms with Gasteiger partial charge in [0.25, 0.3) is 0 Å². The maximum absolute atomic E-state index is 13.3. The number of carbonyl (C=O) groups excluding carboxylic acids is 1. The van der Waals surface area contributed by atoms with E-state index < -0.39 is 0 Å². The van der Waals surface area contributed by atoms with E-state index >= 15 is 0 Å². The van der Waals surface area contributed by atoms with E-state index in [-0.39, 0.29) is 0 Å². The first-order chi connectivity index (χ1) is 17.0. The predicted octanol–water partition coefficient (Wildman–Crippen LogP) is 3.24. The van der Waals surface area contributed by atoms with Crippen LogP contribution >= 0.6 is 0 Å². The monoisotopic (exact) mass is 478 g/mol. The number of nitrogens with zero attached hydrogens (tertiary/aromatic N) is 5. The Morgan fingerprint density at radius 3 is 2.71 bits per heavy atom. The number of rotatable bonds is 10. The molecule has 1 aliphatic carbocycles. The van der Waals surface area contributed by atoms with Crippen LogP contribution in [0.1, 0.15) is 49.9 Å². The summed E-state index contributed by atoms with van der Waals surface area (Å²) >= 11 is 0. The molecule has 2 heterocycles. The molecule has 0 spiro atoms. The molecule has 2 aromatic rings. The van der Waals surface area contributed by atoms with Gasteiger partial charge in [-0.05, 0) is 69.2 Å². The van der Waals surface area contributed by atoms with E-state index in [0.717, 1.165) is 70.6 Å². The fraction of sp³-hybridized carbons (Fsp3) is 0.607. The van der Waals surface area contributed by atoms with Crippen LogP contribution in [-0.2, 0) is 24.2 Å². The fourth-order valence-corrected chi connectivity index (χ4v) is 6.01. The molecule has 1 fully saturated rings. The molecule has 1 aliphatic heterocycles. The molecule has 2 N–H and O–H groups in total. The summed E-state index contributed by atoms with van der Waals surface area (Å²) in [6.45, 7) is 9.76. The summed E-state index contributed by atoms with van der Waals surface area (Å²) in [5.41, 5.74) is 9.53. The van der Waals surface area contributed by atoms with Crippen LogP contribution in [0.25, 0.3) is 0 Å². The van der Waals surface area contributed by atoms with Crippen molar-refractivity contribution in [2.24, 2.45) is 11.8 Å². The highest BCUT2D eigenvalue weighted by molar-refractivity contribution is 5.76. The second-order valence-electron chi connectivity index (χ2n) is 10.4. The molecule has 190 valence electrons. The number of nitrogens with two attached hydrogens (primary N) is 1. The molecule has 0 radical (unpaired) electrons. The highest BCUT2D eigenvalue weighted by Crippen LogP contribution is 2.37. The number of benzene rings is 1. The summed E-state index contributed by atoms with van der Waals surface area (Å²) in [7, 11) is 2.13. The molecule has 0 saturated carbocycles. The zero-order valence-electron chi connectivity index (χ0n) is 21.7. The average Bonchev–Trinajstić information content (AvgIpc) is 2.84. The first-order valence-corrected chi connectivity index (χ1v) is 13.3. The molecule has 1 amide bonds. The van der Waals surface area contributed by atoms with Gasteiger partial charge >= 0.3 is 0 Å². The minimum atomic E-state index is 0.295. The number of anilines is 1. The first-order valence-electron chi connectivity index (χ1n) is 13.3. The van der Waals surface area contributed by atoms with Crippen LogP contribution in [0.5, 0.6) is 0 Å². The van der Waals surface area contributed by atoms with Crippen LogP contribution in [0.15, 0.2) is 36.5 Å². The van der Waals surface area contributed by atoms with Crippen LogP contribution in [0.3, 0.4) is 0 Å². The molecule has 3 atom stereocenters. The van der Waals surface area contributed by atoms with Crippen LogP contribution < -0.4 is 5.73 Å². The Morgan fingerprint density at radius 1 is 1.17 bits per heavy atom. The Labute approximate surface area is 210 Å². The van der Waals surface area contributed by atoms with Gasteiger partial charge in [-0.25, -0.2) is 9.97 Å². The molecule has 1 aromatic carbocycles. The second kappa shape index (κ2) is 12.0. The topological polar surface area (TPSA) is 78.6 Å². The van der Waals surface area contributed by atoms with Crippen molar-refractivity contribution in [3.8, 4) is 0 Å².